The first-order chi connectivity index (χ1) is 17.0. The molecule has 2 aliphatic rings. The fraction of sp³-hybridized carbons (Fsp3) is 0.536. The van der Waals surface area contributed by atoms with Crippen LogP contribution < -0.4 is 10.6 Å². The van der Waals surface area contributed by atoms with Gasteiger partial charge in [0.2, 0.25) is 0 Å². The maximum atomic E-state index is 13.8. The van der Waals surface area contributed by atoms with E-state index in [1.165, 1.54) is 12.1 Å². The van der Waals surface area contributed by atoms with Gasteiger partial charge in [0, 0.05) is 24.8 Å². The van der Waals surface area contributed by atoms with Crippen LogP contribution in [0.25, 0.3) is 0 Å². The Kier molecular flexibility index (Phi) is 7.97. The van der Waals surface area contributed by atoms with Crippen molar-refractivity contribution in [3.8, 4) is 0 Å². The smallest absolute Gasteiger partial charge is 0.407 e. The number of amides is 1. The highest BCUT2D eigenvalue weighted by atomic mass is 19.1. The van der Waals surface area contributed by atoms with Crippen LogP contribution in [0.3, 0.4) is 0 Å². The minimum atomic E-state index is -1.03. The van der Waals surface area contributed by atoms with E-state index in [-0.39, 0.29) is 24.6 Å². The lowest BCUT2D eigenvalue weighted by Crippen LogP contribution is -2.51. The molecule has 1 aliphatic heterocycles. The largest absolute Gasteiger partial charge is 0.444 e. The summed E-state index contributed by atoms with van der Waals surface area (Å²) in [6.07, 6.45) is 2.37. The van der Waals surface area contributed by atoms with Crippen LogP contribution >= 0.6 is 0 Å². The third-order valence-corrected chi connectivity index (χ3v) is 6.68. The van der Waals surface area contributed by atoms with Crippen LogP contribution in [-0.4, -0.2) is 42.1 Å². The predicted molar refractivity (Wildman–Crippen MR) is 133 cm³/mol. The fourth-order valence-electron chi connectivity index (χ4n) is 4.74. The number of benzene rings is 2. The van der Waals surface area contributed by atoms with E-state index in [4.69, 9.17) is 9.47 Å². The summed E-state index contributed by atoms with van der Waals surface area (Å²) in [7, 11) is 0. The van der Waals surface area contributed by atoms with Crippen LogP contribution in [0.15, 0.2) is 42.5 Å². The van der Waals surface area contributed by atoms with Gasteiger partial charge >= 0.3 is 6.09 Å². The zero-order valence-corrected chi connectivity index (χ0v) is 21.2. The summed E-state index contributed by atoms with van der Waals surface area (Å²) in [5.41, 5.74) is 1.66. The van der Waals surface area contributed by atoms with Crippen LogP contribution in [0, 0.1) is 11.6 Å². The first-order valence-electron chi connectivity index (χ1n) is 12.6. The summed E-state index contributed by atoms with van der Waals surface area (Å²) >= 11 is 0. The van der Waals surface area contributed by atoms with E-state index in [1.54, 1.807) is 20.8 Å². The number of alkyl carbamates (subject to hydrolysis) is 1. The average Bonchev–Trinajstić information content (AvgIpc) is 3.38. The number of nitrogens with one attached hydrogen (secondary N) is 2. The zero-order chi connectivity index (χ0) is 25.9. The Morgan fingerprint density at radius 2 is 1.92 bits per heavy atom. The van der Waals surface area contributed by atoms with Gasteiger partial charge in [-0.1, -0.05) is 24.3 Å². The third kappa shape index (κ3) is 7.02. The van der Waals surface area contributed by atoms with Crippen molar-refractivity contribution in [2.75, 3.05) is 13.2 Å². The second-order valence-electron chi connectivity index (χ2n) is 10.9. The molecule has 0 aromatic heterocycles. The van der Waals surface area contributed by atoms with Gasteiger partial charge < -0.3 is 25.2 Å². The number of carbonyl (C=O) groups is 1. The Hall–Kier alpha value is -2.55. The fourth-order valence-corrected chi connectivity index (χ4v) is 4.74. The number of rotatable bonds is 9. The van der Waals surface area contributed by atoms with E-state index < -0.39 is 35.5 Å². The molecule has 0 spiro atoms. The highest BCUT2D eigenvalue weighted by Gasteiger charge is 2.44. The molecule has 2 aromatic rings. The van der Waals surface area contributed by atoms with Crippen molar-refractivity contribution in [1.29, 1.82) is 0 Å². The molecule has 0 bridgehead atoms. The molecule has 1 amide bonds. The number of hydrogen-bond donors (Lipinski definition) is 3. The average molecular weight is 503 g/mol. The SMILES string of the molecule is CC(C)(C)OC(=O)N[C@@H](Cc1cc(F)cc(F)c1)[C@H](O)CNC1(c2cccc(C3CCCO3)c2)CC1. The molecule has 1 saturated carbocycles. The minimum Gasteiger partial charge on any atom is -0.444 e. The number of aliphatic hydroxyl groups excluding tert-OH is 1. The maximum absolute atomic E-state index is 13.8. The zero-order valence-electron chi connectivity index (χ0n) is 21.2. The number of ether oxygens (including phenoxy) is 2. The van der Waals surface area contributed by atoms with Gasteiger partial charge in [-0.15, -0.1) is 0 Å². The van der Waals surface area contributed by atoms with Crippen LogP contribution in [0.4, 0.5) is 13.6 Å². The second-order valence-corrected chi connectivity index (χ2v) is 10.9. The van der Waals surface area contributed by atoms with E-state index in [0.29, 0.717) is 5.56 Å². The summed E-state index contributed by atoms with van der Waals surface area (Å²) < 4.78 is 38.7. The van der Waals surface area contributed by atoms with E-state index in [2.05, 4.69) is 28.8 Å². The van der Waals surface area contributed by atoms with Crippen molar-refractivity contribution in [1.82, 2.24) is 10.6 Å². The van der Waals surface area contributed by atoms with Gasteiger partial charge in [0.15, 0.2) is 0 Å². The summed E-state index contributed by atoms with van der Waals surface area (Å²) in [4.78, 5) is 12.5. The highest BCUT2D eigenvalue weighted by Crippen LogP contribution is 2.46. The van der Waals surface area contributed by atoms with Crippen molar-refractivity contribution >= 4 is 6.09 Å². The standard InChI is InChI=1S/C28H36F2N2O4/c1-27(2,3)36-26(34)32-23(14-18-12-21(29)16-22(30)13-18)24(33)17-31-28(9-10-28)20-7-4-6-19(15-20)25-8-5-11-35-25/h4,6-7,12-13,15-16,23-25,31,33H,5,8-11,14,17H2,1-3H3,(H,32,34)/t23-,24+,25?/m0/s1. The molecule has 6 nitrogen and oxygen atoms in total. The predicted octanol–water partition coefficient (Wildman–Crippen LogP) is 4.89. The summed E-state index contributed by atoms with van der Waals surface area (Å²) in [6.45, 7) is 6.18. The van der Waals surface area contributed by atoms with Crippen LogP contribution in [0.2, 0.25) is 0 Å². The minimum absolute atomic E-state index is 0.0400. The topological polar surface area (TPSA) is 79.8 Å². The van der Waals surface area contributed by atoms with Crippen LogP contribution in [0.1, 0.15) is 69.2 Å². The number of halogens is 2. The summed E-state index contributed by atoms with van der Waals surface area (Å²) in [5.74, 6) is -1.42. The Bertz CT molecular complexity index is 1040. The first kappa shape index (κ1) is 26.5. The first-order valence-corrected chi connectivity index (χ1v) is 12.6. The van der Waals surface area contributed by atoms with E-state index in [9.17, 15) is 18.7 Å². The van der Waals surface area contributed by atoms with Crippen molar-refractivity contribution in [3.05, 3.63) is 70.8 Å². The molecule has 0 radical (unpaired) electrons. The molecular formula is C28H36F2N2O4. The number of carbonyl (C=O) groups excluding carboxylic acids is 1. The molecule has 8 heteroatoms. The molecule has 3 N–H and O–H groups in total. The summed E-state index contributed by atoms with van der Waals surface area (Å²) in [6, 6.07) is 10.8. The van der Waals surface area contributed by atoms with Crippen LogP contribution in [-0.2, 0) is 21.4 Å². The van der Waals surface area contributed by atoms with E-state index >= 15 is 0 Å². The van der Waals surface area contributed by atoms with Gasteiger partial charge in [-0.05, 0) is 81.7 Å². The van der Waals surface area contributed by atoms with Crippen molar-refractivity contribution < 1.29 is 28.2 Å². The highest BCUT2D eigenvalue weighted by molar-refractivity contribution is 5.68. The molecule has 4 rings (SSSR count). The molecule has 3 atom stereocenters. The van der Waals surface area contributed by atoms with Crippen molar-refractivity contribution in [2.45, 2.75) is 82.3 Å². The molecule has 36 heavy (non-hydrogen) atoms. The third-order valence-electron chi connectivity index (χ3n) is 6.68. The number of hydrogen-bond acceptors (Lipinski definition) is 5. The molecular weight excluding hydrogens is 466 g/mol. The maximum Gasteiger partial charge on any atom is 0.407 e. The van der Waals surface area contributed by atoms with E-state index in [1.807, 2.05) is 6.07 Å². The van der Waals surface area contributed by atoms with Gasteiger partial charge in [0.25, 0.3) is 0 Å². The van der Waals surface area contributed by atoms with Crippen molar-refractivity contribution in [2.24, 2.45) is 0 Å². The molecule has 2 aromatic carbocycles. The Balaban J connectivity index is 1.45. The quantitative estimate of drug-likeness (QED) is 0.455. The molecule has 1 heterocycles. The molecule has 2 fully saturated rings. The van der Waals surface area contributed by atoms with Gasteiger partial charge in [0.1, 0.15) is 17.2 Å². The lowest BCUT2D eigenvalue weighted by molar-refractivity contribution is 0.0419. The molecule has 1 saturated heterocycles. The van der Waals surface area contributed by atoms with Gasteiger partial charge in [-0.2, -0.15) is 0 Å². The normalized spacial score (nSPS) is 20.6. The monoisotopic (exact) mass is 502 g/mol. The van der Waals surface area contributed by atoms with Gasteiger partial charge in [-0.3, -0.25) is 0 Å². The molecule has 1 aliphatic carbocycles. The molecule has 196 valence electrons. The molecule has 1 unspecified atom stereocenters. The van der Waals surface area contributed by atoms with Gasteiger partial charge in [0.05, 0.1) is 18.2 Å². The Labute approximate surface area is 211 Å². The second kappa shape index (κ2) is 10.8. The lowest BCUT2D eigenvalue weighted by atomic mass is 9.97. The van der Waals surface area contributed by atoms with Crippen LogP contribution in [0.5, 0.6) is 0 Å². The van der Waals surface area contributed by atoms with E-state index in [0.717, 1.165) is 49.5 Å². The Morgan fingerprint density at radius 1 is 1.19 bits per heavy atom. The number of aliphatic hydroxyl groups is 1. The summed E-state index contributed by atoms with van der Waals surface area (Å²) in [5, 5.41) is 17.3. The lowest BCUT2D eigenvalue weighted by Gasteiger charge is -2.29. The Morgan fingerprint density at radius 3 is 2.53 bits per heavy atom. The van der Waals surface area contributed by atoms with Crippen molar-refractivity contribution in [3.63, 3.8) is 0 Å². The van der Waals surface area contributed by atoms with Gasteiger partial charge in [-0.25, -0.2) is 13.6 Å².